The van der Waals surface area contributed by atoms with Crippen molar-refractivity contribution < 1.29 is 9.72 Å². The Bertz CT molecular complexity index is 759. The first-order chi connectivity index (χ1) is 12.0. The minimum Gasteiger partial charge on any atom is -0.375 e. The zero-order valence-electron chi connectivity index (χ0n) is 14.2. The number of hydrogen-bond acceptors (Lipinski definition) is 4. The Balaban J connectivity index is 2.08. The maximum Gasteiger partial charge on any atom is 0.293 e. The molecule has 0 heterocycles. The number of carbonyl (C=O) groups excluding carboxylic acids is 1. The molecule has 0 bridgehead atoms. The normalized spacial score (nSPS) is 10.4. The van der Waals surface area contributed by atoms with E-state index in [4.69, 9.17) is 0 Å². The van der Waals surface area contributed by atoms with E-state index in [2.05, 4.69) is 21.2 Å². The third kappa shape index (κ3) is 4.79. The fourth-order valence-corrected chi connectivity index (χ4v) is 2.81. The van der Waals surface area contributed by atoms with Crippen LogP contribution in [0.4, 0.5) is 11.4 Å². The molecule has 132 valence electrons. The van der Waals surface area contributed by atoms with E-state index >= 15 is 0 Å². The van der Waals surface area contributed by atoms with E-state index in [1.165, 1.54) is 6.07 Å². The lowest BCUT2D eigenvalue weighted by Crippen LogP contribution is -2.30. The number of nitro groups is 1. The molecule has 6 nitrogen and oxygen atoms in total. The van der Waals surface area contributed by atoms with Crippen LogP contribution >= 0.6 is 15.9 Å². The maximum atomic E-state index is 12.3. The Hall–Kier alpha value is -2.41. The van der Waals surface area contributed by atoms with Crippen molar-refractivity contribution in [3.63, 3.8) is 0 Å². The molecular formula is C18H20BrN3O3. The van der Waals surface area contributed by atoms with Gasteiger partial charge in [-0.15, -0.1) is 0 Å². The minimum absolute atomic E-state index is 0.00746. The quantitative estimate of drug-likeness (QED) is 0.545. The van der Waals surface area contributed by atoms with Gasteiger partial charge in [-0.1, -0.05) is 28.1 Å². The van der Waals surface area contributed by atoms with Gasteiger partial charge in [-0.25, -0.2) is 0 Å². The summed E-state index contributed by atoms with van der Waals surface area (Å²) < 4.78 is 0.656. The molecule has 0 saturated heterocycles. The van der Waals surface area contributed by atoms with E-state index < -0.39 is 4.92 Å². The average molecular weight is 406 g/mol. The molecule has 0 radical (unpaired) electrons. The standard InChI is InChI=1S/C18H20BrN3O3/c1-3-21(4-2)18(23)14-7-5-13(6-8-14)12-20-16-10-9-15(19)11-17(16)22(24)25/h5-11,20H,3-4,12H2,1-2H3. The molecule has 0 spiro atoms. The van der Waals surface area contributed by atoms with Gasteiger partial charge in [0, 0.05) is 35.7 Å². The van der Waals surface area contributed by atoms with Gasteiger partial charge in [0.1, 0.15) is 5.69 Å². The van der Waals surface area contributed by atoms with Crippen molar-refractivity contribution in [3.05, 3.63) is 68.2 Å². The largest absolute Gasteiger partial charge is 0.375 e. The topological polar surface area (TPSA) is 75.5 Å². The van der Waals surface area contributed by atoms with Crippen LogP contribution < -0.4 is 5.32 Å². The molecule has 0 aliphatic rings. The summed E-state index contributed by atoms with van der Waals surface area (Å²) in [5, 5.41) is 14.2. The van der Waals surface area contributed by atoms with Gasteiger partial charge in [-0.05, 0) is 43.7 Å². The summed E-state index contributed by atoms with van der Waals surface area (Å²) in [6.45, 7) is 5.68. The smallest absolute Gasteiger partial charge is 0.293 e. The molecule has 0 aliphatic carbocycles. The van der Waals surface area contributed by atoms with Gasteiger partial charge in [-0.2, -0.15) is 0 Å². The lowest BCUT2D eigenvalue weighted by atomic mass is 10.1. The van der Waals surface area contributed by atoms with Gasteiger partial charge >= 0.3 is 0 Å². The maximum absolute atomic E-state index is 12.3. The Morgan fingerprint density at radius 1 is 1.16 bits per heavy atom. The van der Waals surface area contributed by atoms with Crippen LogP contribution in [-0.4, -0.2) is 28.8 Å². The van der Waals surface area contributed by atoms with Crippen molar-refractivity contribution >= 4 is 33.2 Å². The number of nitro benzene ring substituents is 1. The third-order valence-electron chi connectivity index (χ3n) is 3.89. The summed E-state index contributed by atoms with van der Waals surface area (Å²) in [5.74, 6) is 0.00746. The summed E-state index contributed by atoms with van der Waals surface area (Å²) in [6.07, 6.45) is 0. The lowest BCUT2D eigenvalue weighted by molar-refractivity contribution is -0.384. The SMILES string of the molecule is CCN(CC)C(=O)c1ccc(CNc2ccc(Br)cc2[N+](=O)[O-])cc1. The van der Waals surface area contributed by atoms with Crippen molar-refractivity contribution in [2.75, 3.05) is 18.4 Å². The first kappa shape index (κ1) is 18.9. The second-order valence-electron chi connectivity index (χ2n) is 5.45. The second kappa shape index (κ2) is 8.62. The van der Waals surface area contributed by atoms with Gasteiger partial charge in [0.25, 0.3) is 11.6 Å². The number of benzene rings is 2. The zero-order valence-corrected chi connectivity index (χ0v) is 15.7. The fourth-order valence-electron chi connectivity index (χ4n) is 2.46. The molecule has 2 rings (SSSR count). The third-order valence-corrected chi connectivity index (χ3v) is 4.38. The molecule has 0 saturated carbocycles. The van der Waals surface area contributed by atoms with E-state index in [-0.39, 0.29) is 11.6 Å². The first-order valence-corrected chi connectivity index (χ1v) is 8.81. The van der Waals surface area contributed by atoms with Crippen LogP contribution in [0.3, 0.4) is 0 Å². The van der Waals surface area contributed by atoms with Crippen molar-refractivity contribution in [2.24, 2.45) is 0 Å². The number of nitrogens with one attached hydrogen (secondary N) is 1. The summed E-state index contributed by atoms with van der Waals surface area (Å²) in [4.78, 5) is 24.8. The highest BCUT2D eigenvalue weighted by Gasteiger charge is 2.14. The van der Waals surface area contributed by atoms with Gasteiger partial charge in [0.05, 0.1) is 4.92 Å². The molecule has 0 aliphatic heterocycles. The summed E-state index contributed by atoms with van der Waals surface area (Å²) in [5.41, 5.74) is 2.05. The number of nitrogens with zero attached hydrogens (tertiary/aromatic N) is 2. The number of amides is 1. The van der Waals surface area contributed by atoms with Crippen LogP contribution in [-0.2, 0) is 6.54 Å². The molecule has 2 aromatic rings. The number of halogens is 1. The Labute approximate surface area is 155 Å². The summed E-state index contributed by atoms with van der Waals surface area (Å²) in [7, 11) is 0. The van der Waals surface area contributed by atoms with E-state index in [1.54, 1.807) is 29.2 Å². The number of hydrogen-bond donors (Lipinski definition) is 1. The van der Waals surface area contributed by atoms with Crippen molar-refractivity contribution in [3.8, 4) is 0 Å². The Morgan fingerprint density at radius 3 is 2.36 bits per heavy atom. The van der Waals surface area contributed by atoms with Crippen LogP contribution in [0.1, 0.15) is 29.8 Å². The highest BCUT2D eigenvalue weighted by Crippen LogP contribution is 2.28. The fraction of sp³-hybridized carbons (Fsp3) is 0.278. The predicted octanol–water partition coefficient (Wildman–Crippen LogP) is 4.45. The monoisotopic (exact) mass is 405 g/mol. The van der Waals surface area contributed by atoms with Crippen LogP contribution in [0.5, 0.6) is 0 Å². The zero-order chi connectivity index (χ0) is 18.4. The van der Waals surface area contributed by atoms with Gasteiger partial charge < -0.3 is 10.2 Å². The van der Waals surface area contributed by atoms with Gasteiger partial charge in [0.2, 0.25) is 0 Å². The first-order valence-electron chi connectivity index (χ1n) is 8.02. The molecule has 25 heavy (non-hydrogen) atoms. The second-order valence-corrected chi connectivity index (χ2v) is 6.36. The number of rotatable bonds is 7. The van der Waals surface area contributed by atoms with Crippen molar-refractivity contribution in [1.82, 2.24) is 4.90 Å². The van der Waals surface area contributed by atoms with Crippen LogP contribution in [0.25, 0.3) is 0 Å². The Kier molecular flexibility index (Phi) is 6.52. The van der Waals surface area contributed by atoms with Crippen LogP contribution in [0.15, 0.2) is 46.9 Å². The number of carbonyl (C=O) groups is 1. The molecule has 0 fully saturated rings. The van der Waals surface area contributed by atoms with Crippen molar-refractivity contribution in [1.29, 1.82) is 0 Å². The Morgan fingerprint density at radius 2 is 1.80 bits per heavy atom. The summed E-state index contributed by atoms with van der Waals surface area (Å²) in [6, 6.07) is 12.2. The molecular weight excluding hydrogens is 386 g/mol. The molecule has 0 aromatic heterocycles. The summed E-state index contributed by atoms with van der Waals surface area (Å²) >= 11 is 3.24. The minimum atomic E-state index is -0.418. The van der Waals surface area contributed by atoms with Crippen LogP contribution in [0.2, 0.25) is 0 Å². The van der Waals surface area contributed by atoms with Gasteiger partial charge in [-0.3, -0.25) is 14.9 Å². The molecule has 7 heteroatoms. The van der Waals surface area contributed by atoms with E-state index in [0.717, 1.165) is 5.56 Å². The highest BCUT2D eigenvalue weighted by molar-refractivity contribution is 9.10. The van der Waals surface area contributed by atoms with E-state index in [1.807, 2.05) is 26.0 Å². The average Bonchev–Trinajstić information content (AvgIpc) is 2.62. The molecule has 0 atom stereocenters. The predicted molar refractivity (Wildman–Crippen MR) is 102 cm³/mol. The highest BCUT2D eigenvalue weighted by atomic mass is 79.9. The molecule has 1 amide bonds. The molecule has 2 aromatic carbocycles. The van der Waals surface area contributed by atoms with E-state index in [0.29, 0.717) is 35.4 Å². The van der Waals surface area contributed by atoms with Crippen LogP contribution in [0, 0.1) is 10.1 Å². The molecule has 1 N–H and O–H groups in total. The van der Waals surface area contributed by atoms with Gasteiger partial charge in [0.15, 0.2) is 0 Å². The molecule has 0 unspecified atom stereocenters. The number of anilines is 1. The van der Waals surface area contributed by atoms with E-state index in [9.17, 15) is 14.9 Å². The lowest BCUT2D eigenvalue weighted by Gasteiger charge is -2.18. The van der Waals surface area contributed by atoms with Crippen molar-refractivity contribution in [2.45, 2.75) is 20.4 Å².